The summed E-state index contributed by atoms with van der Waals surface area (Å²) in [6, 6.07) is 12.5. The number of nitro benzene ring substituents is 1. The lowest BCUT2D eigenvalue weighted by Gasteiger charge is -2.22. The summed E-state index contributed by atoms with van der Waals surface area (Å²) in [5.74, 6) is -0.114. The summed E-state index contributed by atoms with van der Waals surface area (Å²) >= 11 is 1.18. The Morgan fingerprint density at radius 2 is 1.75 bits per heavy atom. The molecule has 0 saturated heterocycles. The van der Waals surface area contributed by atoms with Gasteiger partial charge in [0.05, 0.1) is 32.4 Å². The van der Waals surface area contributed by atoms with Crippen molar-refractivity contribution in [3.05, 3.63) is 75.0 Å². The number of nitrogens with zero attached hydrogens (tertiary/aromatic N) is 3. The zero-order valence-electron chi connectivity index (χ0n) is 19.1. The minimum absolute atomic E-state index is 0.00655. The Balaban J connectivity index is 1.98. The maximum atomic E-state index is 12.9. The van der Waals surface area contributed by atoms with Crippen molar-refractivity contribution in [2.75, 3.05) is 0 Å². The van der Waals surface area contributed by atoms with E-state index in [1.54, 1.807) is 29.8 Å². The van der Waals surface area contributed by atoms with Crippen LogP contribution in [0.4, 0.5) is 5.69 Å². The van der Waals surface area contributed by atoms with Gasteiger partial charge in [-0.2, -0.15) is 5.10 Å². The fourth-order valence-corrected chi connectivity index (χ4v) is 4.46. The van der Waals surface area contributed by atoms with E-state index >= 15 is 0 Å². The Kier molecular flexibility index (Phi) is 6.74. The third-order valence-electron chi connectivity index (χ3n) is 4.72. The van der Waals surface area contributed by atoms with E-state index < -0.39 is 16.4 Å². The van der Waals surface area contributed by atoms with Crippen molar-refractivity contribution < 1.29 is 14.5 Å². The number of esters is 1. The molecule has 0 bridgehead atoms. The van der Waals surface area contributed by atoms with Crippen molar-refractivity contribution in [1.29, 1.82) is 0 Å². The first-order valence-corrected chi connectivity index (χ1v) is 11.1. The number of ether oxygens (including phenoxy) is 1. The highest BCUT2D eigenvalue weighted by Crippen LogP contribution is 2.42. The summed E-state index contributed by atoms with van der Waals surface area (Å²) in [5, 5.41) is 16.1. The van der Waals surface area contributed by atoms with E-state index in [2.05, 4.69) is 5.10 Å². The van der Waals surface area contributed by atoms with E-state index in [0.29, 0.717) is 21.4 Å². The molecular weight excluding hydrogens is 426 g/mol. The largest absolute Gasteiger partial charge is 0.406 e. The third-order valence-corrected chi connectivity index (χ3v) is 5.95. The zero-order chi connectivity index (χ0) is 23.6. The first kappa shape index (κ1) is 23.5. The molecule has 1 heterocycles. The van der Waals surface area contributed by atoms with Crippen molar-refractivity contribution in [2.45, 2.75) is 63.3 Å². The second-order valence-corrected chi connectivity index (χ2v) is 9.83. The SMILES string of the molecule is Cc1cc(C)cc(CC(=O)Oc2c(Sc3ccccc3[N+](=O)[O-])c(C)nn2C(C)(C)C)c1. The van der Waals surface area contributed by atoms with Crippen LogP contribution in [0.25, 0.3) is 0 Å². The van der Waals surface area contributed by atoms with Crippen molar-refractivity contribution in [3.8, 4) is 5.88 Å². The Morgan fingerprint density at radius 3 is 2.34 bits per heavy atom. The molecule has 0 saturated carbocycles. The van der Waals surface area contributed by atoms with Crippen LogP contribution in [-0.4, -0.2) is 20.7 Å². The van der Waals surface area contributed by atoms with Gasteiger partial charge in [0.25, 0.3) is 5.69 Å². The molecule has 0 aliphatic rings. The predicted octanol–water partition coefficient (Wildman–Crippen LogP) is 5.77. The fourth-order valence-electron chi connectivity index (χ4n) is 3.44. The molecule has 3 rings (SSSR count). The van der Waals surface area contributed by atoms with Crippen LogP contribution >= 0.6 is 11.8 Å². The molecule has 0 unspecified atom stereocenters. The van der Waals surface area contributed by atoms with E-state index in [9.17, 15) is 14.9 Å². The average Bonchev–Trinajstić information content (AvgIpc) is 2.97. The van der Waals surface area contributed by atoms with E-state index in [1.165, 1.54) is 17.8 Å². The topological polar surface area (TPSA) is 87.3 Å². The monoisotopic (exact) mass is 453 g/mol. The third kappa shape index (κ3) is 5.37. The second-order valence-electron chi connectivity index (χ2n) is 8.78. The first-order valence-electron chi connectivity index (χ1n) is 10.2. The lowest BCUT2D eigenvalue weighted by molar-refractivity contribution is -0.387. The zero-order valence-corrected chi connectivity index (χ0v) is 19.9. The molecule has 0 atom stereocenters. The van der Waals surface area contributed by atoms with Gasteiger partial charge in [0.2, 0.25) is 5.88 Å². The summed E-state index contributed by atoms with van der Waals surface area (Å²) in [7, 11) is 0. The molecule has 0 radical (unpaired) electrons. The first-order chi connectivity index (χ1) is 15.0. The van der Waals surface area contributed by atoms with Gasteiger partial charge in [-0.15, -0.1) is 0 Å². The molecular formula is C24H27N3O4S. The maximum Gasteiger partial charge on any atom is 0.317 e. The van der Waals surface area contributed by atoms with Gasteiger partial charge >= 0.3 is 5.97 Å². The minimum atomic E-state index is -0.457. The van der Waals surface area contributed by atoms with Gasteiger partial charge in [-0.1, -0.05) is 53.2 Å². The molecule has 8 heteroatoms. The van der Waals surface area contributed by atoms with Gasteiger partial charge in [-0.25, -0.2) is 4.68 Å². The van der Waals surface area contributed by atoms with Crippen LogP contribution in [0.5, 0.6) is 5.88 Å². The van der Waals surface area contributed by atoms with Gasteiger partial charge in [0, 0.05) is 6.07 Å². The summed E-state index contributed by atoms with van der Waals surface area (Å²) < 4.78 is 7.52. The average molecular weight is 454 g/mol. The van der Waals surface area contributed by atoms with Crippen molar-refractivity contribution in [3.63, 3.8) is 0 Å². The Labute approximate surface area is 191 Å². The standard InChI is InChI=1S/C24H27N3O4S/c1-15-11-16(2)13-18(12-15)14-21(28)31-23-22(17(3)25-26(23)24(4,5)6)32-20-10-8-7-9-19(20)27(29)30/h7-13H,14H2,1-6H3. The molecule has 3 aromatic rings. The van der Waals surface area contributed by atoms with E-state index in [1.807, 2.05) is 52.8 Å². The lowest BCUT2D eigenvalue weighted by atomic mass is 10.1. The predicted molar refractivity (Wildman–Crippen MR) is 124 cm³/mol. The molecule has 168 valence electrons. The molecule has 1 aromatic heterocycles. The number of hydrogen-bond donors (Lipinski definition) is 0. The number of benzene rings is 2. The molecule has 2 aromatic carbocycles. The Morgan fingerprint density at radius 1 is 1.12 bits per heavy atom. The summed E-state index contributed by atoms with van der Waals surface area (Å²) in [4.78, 5) is 25.0. The van der Waals surface area contributed by atoms with E-state index in [4.69, 9.17) is 4.74 Å². The smallest absolute Gasteiger partial charge is 0.317 e. The Bertz CT molecular complexity index is 1160. The minimum Gasteiger partial charge on any atom is -0.406 e. The highest BCUT2D eigenvalue weighted by Gasteiger charge is 2.28. The summed E-state index contributed by atoms with van der Waals surface area (Å²) in [6.07, 6.45) is 0.118. The van der Waals surface area contributed by atoms with Crippen LogP contribution in [-0.2, 0) is 16.8 Å². The normalized spacial score (nSPS) is 11.4. The molecule has 0 spiro atoms. The number of carbonyl (C=O) groups excluding carboxylic acids is 1. The number of nitro groups is 1. The van der Waals surface area contributed by atoms with E-state index in [-0.39, 0.29) is 12.1 Å². The molecule has 32 heavy (non-hydrogen) atoms. The summed E-state index contributed by atoms with van der Waals surface area (Å²) in [6.45, 7) is 11.7. The molecule has 7 nitrogen and oxygen atoms in total. The molecule has 0 amide bonds. The lowest BCUT2D eigenvalue weighted by Crippen LogP contribution is -2.26. The van der Waals surface area contributed by atoms with E-state index in [0.717, 1.165) is 16.7 Å². The number of rotatable bonds is 6. The number of aromatic nitrogens is 2. The van der Waals surface area contributed by atoms with Crippen LogP contribution < -0.4 is 4.74 Å². The number of aryl methyl sites for hydroxylation is 3. The Hall–Kier alpha value is -3.13. The van der Waals surface area contributed by atoms with Gasteiger partial charge < -0.3 is 4.74 Å². The molecule has 0 aliphatic carbocycles. The van der Waals surface area contributed by atoms with Crippen LogP contribution in [0.15, 0.2) is 52.3 Å². The number of carbonyl (C=O) groups is 1. The molecule has 0 fully saturated rings. The van der Waals surface area contributed by atoms with Crippen LogP contribution in [0.2, 0.25) is 0 Å². The quantitative estimate of drug-likeness (QED) is 0.267. The summed E-state index contributed by atoms with van der Waals surface area (Å²) in [5.41, 5.74) is 3.21. The molecule has 0 N–H and O–H groups in total. The van der Waals surface area contributed by atoms with Gasteiger partial charge in [-0.05, 0) is 53.2 Å². The van der Waals surface area contributed by atoms with Gasteiger partial charge in [0.15, 0.2) is 0 Å². The van der Waals surface area contributed by atoms with Crippen molar-refractivity contribution in [2.24, 2.45) is 0 Å². The highest BCUT2D eigenvalue weighted by atomic mass is 32.2. The van der Waals surface area contributed by atoms with Gasteiger partial charge in [-0.3, -0.25) is 14.9 Å². The number of hydrogen-bond acceptors (Lipinski definition) is 6. The maximum absolute atomic E-state index is 12.9. The van der Waals surface area contributed by atoms with Crippen LogP contribution in [0.1, 0.15) is 43.2 Å². The van der Waals surface area contributed by atoms with Crippen LogP contribution in [0.3, 0.4) is 0 Å². The van der Waals surface area contributed by atoms with Gasteiger partial charge in [0.1, 0.15) is 0 Å². The molecule has 0 aliphatic heterocycles. The number of para-hydroxylation sites is 1. The van der Waals surface area contributed by atoms with Crippen molar-refractivity contribution in [1.82, 2.24) is 9.78 Å². The van der Waals surface area contributed by atoms with Crippen molar-refractivity contribution >= 4 is 23.4 Å². The highest BCUT2D eigenvalue weighted by molar-refractivity contribution is 7.99. The second kappa shape index (κ2) is 9.16. The van der Waals surface area contributed by atoms with Crippen LogP contribution in [0, 0.1) is 30.9 Å². The fraction of sp³-hybridized carbons (Fsp3) is 0.333.